The Labute approximate surface area is 295 Å². The summed E-state index contributed by atoms with van der Waals surface area (Å²) >= 11 is 0. The first kappa shape index (κ1) is 28.2. The summed E-state index contributed by atoms with van der Waals surface area (Å²) in [5.74, 6) is 0.724. The van der Waals surface area contributed by atoms with Gasteiger partial charge >= 0.3 is 0 Å². The molecule has 0 radical (unpaired) electrons. The number of nitrogens with zero attached hydrogens (tertiary/aromatic N) is 3. The minimum Gasteiger partial charge on any atom is -0.247 e. The molecule has 0 N–H and O–H groups in total. The first-order valence-electron chi connectivity index (χ1n) is 17.5. The Hall–Kier alpha value is -6.71. The molecular weight excluding hydrogens is 619 g/mol. The average Bonchev–Trinajstić information content (AvgIpc) is 3.68. The molecule has 2 heterocycles. The highest BCUT2D eigenvalue weighted by molar-refractivity contribution is 6.07. The van der Waals surface area contributed by atoms with Gasteiger partial charge in [-0.05, 0) is 39.3 Å². The van der Waals surface area contributed by atoms with Gasteiger partial charge in [-0.1, -0.05) is 170 Å². The van der Waals surface area contributed by atoms with Crippen molar-refractivity contribution in [1.29, 1.82) is 0 Å². The van der Waals surface area contributed by atoms with Crippen LogP contribution in [0.3, 0.4) is 0 Å². The molecule has 2 aliphatic carbocycles. The van der Waals surface area contributed by atoms with Crippen molar-refractivity contribution in [3.63, 3.8) is 0 Å². The SMILES string of the molecule is c1ccc(-c2nc(-c3ccc(-c4nc5c(c6ccccc46)C4(c6ccccc6-c6ccccc64)c4ccccc4-5)cc3)c3ccccc3n2)cc1. The zero-order valence-corrected chi connectivity index (χ0v) is 27.6. The fraction of sp³-hybridized carbons (Fsp3) is 0.0208. The lowest BCUT2D eigenvalue weighted by Crippen LogP contribution is -2.26. The maximum absolute atomic E-state index is 5.64. The molecule has 9 aromatic rings. The largest absolute Gasteiger partial charge is 0.247 e. The lowest BCUT2D eigenvalue weighted by molar-refractivity contribution is 0.799. The zero-order valence-electron chi connectivity index (χ0n) is 27.6. The molecule has 0 atom stereocenters. The summed E-state index contributed by atoms with van der Waals surface area (Å²) < 4.78 is 0. The van der Waals surface area contributed by atoms with Crippen LogP contribution >= 0.6 is 0 Å². The van der Waals surface area contributed by atoms with Gasteiger partial charge in [0.25, 0.3) is 0 Å². The number of para-hydroxylation sites is 1. The molecule has 0 saturated carbocycles. The van der Waals surface area contributed by atoms with E-state index in [0.717, 1.165) is 55.9 Å². The van der Waals surface area contributed by atoms with Crippen LogP contribution in [0.5, 0.6) is 0 Å². The summed E-state index contributed by atoms with van der Waals surface area (Å²) in [4.78, 5) is 15.7. The van der Waals surface area contributed by atoms with Crippen LogP contribution in [0.1, 0.15) is 22.3 Å². The Morgan fingerprint density at radius 2 is 0.804 bits per heavy atom. The zero-order chi connectivity index (χ0) is 33.5. The van der Waals surface area contributed by atoms with Gasteiger partial charge in [0.15, 0.2) is 5.82 Å². The molecule has 3 heteroatoms. The van der Waals surface area contributed by atoms with E-state index in [1.54, 1.807) is 0 Å². The fourth-order valence-electron chi connectivity index (χ4n) is 8.80. The topological polar surface area (TPSA) is 38.7 Å². The van der Waals surface area contributed by atoms with Crippen LogP contribution in [0.25, 0.3) is 78.0 Å². The normalized spacial score (nSPS) is 13.3. The van der Waals surface area contributed by atoms with E-state index in [9.17, 15) is 0 Å². The lowest BCUT2D eigenvalue weighted by Gasteiger charge is -2.31. The molecule has 3 nitrogen and oxygen atoms in total. The van der Waals surface area contributed by atoms with Crippen LogP contribution in [0.15, 0.2) is 176 Å². The third-order valence-electron chi connectivity index (χ3n) is 10.9. The Morgan fingerprint density at radius 3 is 1.47 bits per heavy atom. The molecule has 2 aliphatic rings. The molecule has 0 saturated heterocycles. The van der Waals surface area contributed by atoms with Gasteiger partial charge in [-0.2, -0.15) is 0 Å². The van der Waals surface area contributed by atoms with Gasteiger partial charge in [-0.15, -0.1) is 0 Å². The van der Waals surface area contributed by atoms with Crippen LogP contribution in [-0.4, -0.2) is 15.0 Å². The smallest absolute Gasteiger partial charge is 0.160 e. The Morgan fingerprint density at radius 1 is 0.314 bits per heavy atom. The van der Waals surface area contributed by atoms with Crippen molar-refractivity contribution < 1.29 is 0 Å². The molecule has 0 amide bonds. The molecule has 7 aromatic carbocycles. The predicted octanol–water partition coefficient (Wildman–Crippen LogP) is 11.5. The van der Waals surface area contributed by atoms with E-state index in [2.05, 4.69) is 152 Å². The summed E-state index contributed by atoms with van der Waals surface area (Å²) in [6.45, 7) is 0. The van der Waals surface area contributed by atoms with E-state index in [1.165, 1.54) is 44.3 Å². The third-order valence-corrected chi connectivity index (χ3v) is 10.9. The second-order valence-corrected chi connectivity index (χ2v) is 13.5. The Balaban J connectivity index is 1.13. The molecule has 236 valence electrons. The number of fused-ring (bicyclic) bond motifs is 13. The molecular formula is C48H29N3. The van der Waals surface area contributed by atoms with E-state index in [-0.39, 0.29) is 0 Å². The van der Waals surface area contributed by atoms with Gasteiger partial charge in [0.05, 0.1) is 28.0 Å². The Kier molecular flexibility index (Phi) is 5.88. The monoisotopic (exact) mass is 647 g/mol. The summed E-state index contributed by atoms with van der Waals surface area (Å²) in [6, 6.07) is 62.8. The van der Waals surface area contributed by atoms with Gasteiger partial charge < -0.3 is 0 Å². The molecule has 0 unspecified atom stereocenters. The molecule has 2 aromatic heterocycles. The fourth-order valence-corrected chi connectivity index (χ4v) is 8.80. The van der Waals surface area contributed by atoms with E-state index in [0.29, 0.717) is 0 Å². The summed E-state index contributed by atoms with van der Waals surface area (Å²) in [7, 11) is 0. The van der Waals surface area contributed by atoms with Crippen LogP contribution in [0.2, 0.25) is 0 Å². The Bertz CT molecular complexity index is 2810. The number of hydrogen-bond donors (Lipinski definition) is 0. The molecule has 1 spiro atoms. The van der Waals surface area contributed by atoms with Crippen molar-refractivity contribution in [3.05, 3.63) is 198 Å². The summed E-state index contributed by atoms with van der Waals surface area (Å²) in [6.07, 6.45) is 0. The van der Waals surface area contributed by atoms with Crippen molar-refractivity contribution in [2.45, 2.75) is 5.41 Å². The van der Waals surface area contributed by atoms with Crippen molar-refractivity contribution in [3.8, 4) is 56.3 Å². The van der Waals surface area contributed by atoms with Gasteiger partial charge in [0.2, 0.25) is 0 Å². The van der Waals surface area contributed by atoms with Crippen LogP contribution in [-0.2, 0) is 5.41 Å². The van der Waals surface area contributed by atoms with Gasteiger partial charge in [0.1, 0.15) is 0 Å². The third kappa shape index (κ3) is 3.86. The first-order chi connectivity index (χ1) is 25.3. The quantitative estimate of drug-likeness (QED) is 0.192. The highest BCUT2D eigenvalue weighted by Crippen LogP contribution is 2.64. The summed E-state index contributed by atoms with van der Waals surface area (Å²) in [5, 5.41) is 3.42. The van der Waals surface area contributed by atoms with E-state index in [4.69, 9.17) is 15.0 Å². The average molecular weight is 648 g/mol. The number of benzene rings is 7. The standard InChI is InChI=1S/C48H29N3/c1-2-14-32(15-3-1)47-49-42-25-13-9-21-38(42)45(51-47)31-28-26-30(27-29-31)44-36-19-5-4-18-35(36)43-46(50-44)37-20-8-12-24-41(37)48(43)39-22-10-6-16-33(39)34-17-7-11-23-40(34)48/h1-29H. The van der Waals surface area contributed by atoms with E-state index in [1.807, 2.05) is 24.3 Å². The number of aromatic nitrogens is 3. The second kappa shape index (κ2) is 10.6. The van der Waals surface area contributed by atoms with Crippen molar-refractivity contribution >= 4 is 21.7 Å². The molecule has 0 aliphatic heterocycles. The lowest BCUT2D eigenvalue weighted by atomic mass is 9.69. The van der Waals surface area contributed by atoms with Crippen LogP contribution in [0, 0.1) is 0 Å². The minimum atomic E-state index is -0.446. The maximum atomic E-state index is 5.64. The van der Waals surface area contributed by atoms with Crippen molar-refractivity contribution in [2.75, 3.05) is 0 Å². The highest BCUT2D eigenvalue weighted by atomic mass is 14.9. The van der Waals surface area contributed by atoms with E-state index >= 15 is 0 Å². The molecule has 0 bridgehead atoms. The van der Waals surface area contributed by atoms with Crippen LogP contribution in [0.4, 0.5) is 0 Å². The maximum Gasteiger partial charge on any atom is 0.160 e. The van der Waals surface area contributed by atoms with Crippen molar-refractivity contribution in [2.24, 2.45) is 0 Å². The summed E-state index contributed by atoms with van der Waals surface area (Å²) in [5.41, 5.74) is 15.6. The number of rotatable bonds is 3. The first-order valence-corrected chi connectivity index (χ1v) is 17.5. The molecule has 11 rings (SSSR count). The van der Waals surface area contributed by atoms with Gasteiger partial charge in [-0.3, -0.25) is 0 Å². The number of hydrogen-bond acceptors (Lipinski definition) is 3. The minimum absolute atomic E-state index is 0.446. The van der Waals surface area contributed by atoms with Crippen LogP contribution < -0.4 is 0 Å². The highest BCUT2D eigenvalue weighted by Gasteiger charge is 2.53. The predicted molar refractivity (Wildman–Crippen MR) is 207 cm³/mol. The number of pyridine rings is 1. The molecule has 51 heavy (non-hydrogen) atoms. The van der Waals surface area contributed by atoms with Gasteiger partial charge in [-0.25, -0.2) is 15.0 Å². The molecule has 0 fully saturated rings. The van der Waals surface area contributed by atoms with Gasteiger partial charge in [0, 0.05) is 38.6 Å². The van der Waals surface area contributed by atoms with Crippen molar-refractivity contribution in [1.82, 2.24) is 15.0 Å². The second-order valence-electron chi connectivity index (χ2n) is 13.5. The van der Waals surface area contributed by atoms with E-state index < -0.39 is 5.41 Å².